The maximum absolute atomic E-state index is 14.4. The molecular weight excluding hydrogens is 472 g/mol. The molecule has 0 aliphatic heterocycles. The van der Waals surface area contributed by atoms with Gasteiger partial charge in [0.1, 0.15) is 11.6 Å². The number of hydrogen-bond donors (Lipinski definition) is 2. The fraction of sp³-hybridized carbons (Fsp3) is 0.148. The van der Waals surface area contributed by atoms with E-state index in [9.17, 15) is 8.78 Å². The van der Waals surface area contributed by atoms with Crippen molar-refractivity contribution < 1.29 is 8.78 Å². The molecule has 0 bridgehead atoms. The van der Waals surface area contributed by atoms with Crippen molar-refractivity contribution in [3.63, 3.8) is 0 Å². The summed E-state index contributed by atoms with van der Waals surface area (Å²) < 4.78 is 29.2. The number of halogens is 3. The van der Waals surface area contributed by atoms with E-state index in [4.69, 9.17) is 11.6 Å². The maximum atomic E-state index is 14.4. The second kappa shape index (κ2) is 10.1. The van der Waals surface area contributed by atoms with Gasteiger partial charge in [0.2, 0.25) is 0 Å². The topological polar surface area (TPSA) is 37.0 Å². The highest BCUT2D eigenvalue weighted by Gasteiger charge is 2.11. The van der Waals surface area contributed by atoms with Crippen LogP contribution in [0.15, 0.2) is 72.2 Å². The predicted octanol–water partition coefficient (Wildman–Crippen LogP) is 7.64. The Kier molecular flexibility index (Phi) is 6.72. The minimum Gasteiger partial charge on any atom is -0.384 e. The number of pyridine rings is 1. The molecule has 3 nitrogen and oxygen atoms in total. The monoisotopic (exact) mass is 493 g/mol. The van der Waals surface area contributed by atoms with Crippen LogP contribution in [0.25, 0.3) is 32.1 Å². The average molecular weight is 494 g/mol. The number of benzene rings is 3. The summed E-state index contributed by atoms with van der Waals surface area (Å²) in [4.78, 5) is 4.36. The molecule has 0 saturated carbocycles. The SMILES string of the molecule is Fc1ccc2scc(-c3ccc(F)c(CNCCCNc4ccnc5cc(Cl)ccc45)c3)c2c1. The average Bonchev–Trinajstić information content (AvgIpc) is 3.25. The van der Waals surface area contributed by atoms with E-state index in [1.54, 1.807) is 29.7 Å². The first-order chi connectivity index (χ1) is 16.6. The second-order valence-electron chi connectivity index (χ2n) is 8.07. The number of thiophene rings is 1. The maximum Gasteiger partial charge on any atom is 0.127 e. The quantitative estimate of drug-likeness (QED) is 0.218. The van der Waals surface area contributed by atoms with Crippen LogP contribution in [0, 0.1) is 11.6 Å². The number of nitrogens with one attached hydrogen (secondary N) is 2. The smallest absolute Gasteiger partial charge is 0.127 e. The minimum atomic E-state index is -0.270. The lowest BCUT2D eigenvalue weighted by atomic mass is 10.0. The highest BCUT2D eigenvalue weighted by molar-refractivity contribution is 7.17. The largest absolute Gasteiger partial charge is 0.384 e. The molecule has 7 heteroatoms. The van der Waals surface area contributed by atoms with Crippen molar-refractivity contribution in [3.8, 4) is 11.1 Å². The first-order valence-electron chi connectivity index (χ1n) is 11.0. The van der Waals surface area contributed by atoms with Crippen molar-refractivity contribution in [2.24, 2.45) is 0 Å². The van der Waals surface area contributed by atoms with Gasteiger partial charge in [-0.05, 0) is 78.5 Å². The Hall–Kier alpha value is -3.06. The van der Waals surface area contributed by atoms with Gasteiger partial charge in [0.05, 0.1) is 5.52 Å². The molecule has 0 aliphatic carbocycles. The van der Waals surface area contributed by atoms with Crippen LogP contribution in [0.5, 0.6) is 0 Å². The third kappa shape index (κ3) is 4.89. The number of rotatable bonds is 8. The summed E-state index contributed by atoms with van der Waals surface area (Å²) in [5.41, 5.74) is 4.28. The van der Waals surface area contributed by atoms with Crippen LogP contribution in [0.3, 0.4) is 0 Å². The number of anilines is 1. The molecule has 5 rings (SSSR count). The Bertz CT molecular complexity index is 1470. The molecule has 2 aromatic heterocycles. The number of hydrogen-bond acceptors (Lipinski definition) is 4. The van der Waals surface area contributed by atoms with Gasteiger partial charge in [-0.25, -0.2) is 8.78 Å². The zero-order valence-corrected chi connectivity index (χ0v) is 19.8. The van der Waals surface area contributed by atoms with Gasteiger partial charge in [-0.2, -0.15) is 0 Å². The van der Waals surface area contributed by atoms with E-state index < -0.39 is 0 Å². The summed E-state index contributed by atoms with van der Waals surface area (Å²) in [5.74, 6) is -0.518. The first-order valence-corrected chi connectivity index (χ1v) is 12.3. The Morgan fingerprint density at radius 3 is 2.74 bits per heavy atom. The highest BCUT2D eigenvalue weighted by Crippen LogP contribution is 2.35. The van der Waals surface area contributed by atoms with Gasteiger partial charge in [0.25, 0.3) is 0 Å². The van der Waals surface area contributed by atoms with Crippen molar-refractivity contribution in [1.29, 1.82) is 0 Å². The van der Waals surface area contributed by atoms with Crippen molar-refractivity contribution in [3.05, 3.63) is 94.5 Å². The molecule has 2 N–H and O–H groups in total. The van der Waals surface area contributed by atoms with Gasteiger partial charge < -0.3 is 10.6 Å². The standard InChI is InChI=1S/C27H22ClF2N3S/c28-19-3-5-21-25(8-11-33-26(21)13-19)32-10-1-9-31-15-18-12-17(2-6-24(18)30)23-16-34-27-7-4-20(29)14-22(23)27/h2-8,11-14,16,31H,1,9-10,15H2,(H,32,33). The summed E-state index contributed by atoms with van der Waals surface area (Å²) >= 11 is 7.62. The van der Waals surface area contributed by atoms with Crippen molar-refractivity contribution in [2.75, 3.05) is 18.4 Å². The molecule has 0 fully saturated rings. The molecule has 0 unspecified atom stereocenters. The number of nitrogens with zero attached hydrogens (tertiary/aromatic N) is 1. The van der Waals surface area contributed by atoms with Crippen LogP contribution in [0.1, 0.15) is 12.0 Å². The minimum absolute atomic E-state index is 0.248. The lowest BCUT2D eigenvalue weighted by Crippen LogP contribution is -2.18. The molecule has 2 heterocycles. The Labute approximate surface area is 205 Å². The van der Waals surface area contributed by atoms with E-state index >= 15 is 0 Å². The zero-order valence-electron chi connectivity index (χ0n) is 18.2. The summed E-state index contributed by atoms with van der Waals surface area (Å²) in [5, 5.41) is 11.3. The van der Waals surface area contributed by atoms with E-state index in [1.165, 1.54) is 18.2 Å². The van der Waals surface area contributed by atoms with Gasteiger partial charge >= 0.3 is 0 Å². The third-order valence-electron chi connectivity index (χ3n) is 5.76. The molecule has 0 atom stereocenters. The molecule has 3 aromatic carbocycles. The van der Waals surface area contributed by atoms with E-state index in [0.717, 1.165) is 57.3 Å². The summed E-state index contributed by atoms with van der Waals surface area (Å²) in [6.07, 6.45) is 2.63. The van der Waals surface area contributed by atoms with Gasteiger partial charge in [0, 0.05) is 56.6 Å². The highest BCUT2D eigenvalue weighted by atomic mass is 35.5. The fourth-order valence-electron chi connectivity index (χ4n) is 4.04. The molecule has 0 aliphatic rings. The summed E-state index contributed by atoms with van der Waals surface area (Å²) in [7, 11) is 0. The molecular formula is C27H22ClF2N3S. The van der Waals surface area contributed by atoms with E-state index in [-0.39, 0.29) is 11.6 Å². The van der Waals surface area contributed by atoms with Crippen molar-refractivity contribution in [2.45, 2.75) is 13.0 Å². The third-order valence-corrected chi connectivity index (χ3v) is 6.96. The number of aromatic nitrogens is 1. The first kappa shape index (κ1) is 22.7. The predicted molar refractivity (Wildman–Crippen MR) is 139 cm³/mol. The van der Waals surface area contributed by atoms with Gasteiger partial charge in [0.15, 0.2) is 0 Å². The van der Waals surface area contributed by atoms with Crippen molar-refractivity contribution >= 4 is 49.6 Å². The van der Waals surface area contributed by atoms with E-state index in [2.05, 4.69) is 15.6 Å². The van der Waals surface area contributed by atoms with Crippen LogP contribution in [-0.2, 0) is 6.54 Å². The Morgan fingerprint density at radius 1 is 0.912 bits per heavy atom. The molecule has 0 radical (unpaired) electrons. The zero-order chi connectivity index (χ0) is 23.5. The lowest BCUT2D eigenvalue weighted by Gasteiger charge is -2.11. The normalized spacial score (nSPS) is 11.4. The molecule has 34 heavy (non-hydrogen) atoms. The fourth-order valence-corrected chi connectivity index (χ4v) is 5.15. The summed E-state index contributed by atoms with van der Waals surface area (Å²) in [6.45, 7) is 1.93. The van der Waals surface area contributed by atoms with Crippen molar-refractivity contribution in [1.82, 2.24) is 10.3 Å². The summed E-state index contributed by atoms with van der Waals surface area (Å²) in [6, 6.07) is 17.5. The molecule has 172 valence electrons. The van der Waals surface area contributed by atoms with Gasteiger partial charge in [-0.15, -0.1) is 11.3 Å². The van der Waals surface area contributed by atoms with Crippen LogP contribution >= 0.6 is 22.9 Å². The van der Waals surface area contributed by atoms with E-state index in [0.29, 0.717) is 17.1 Å². The van der Waals surface area contributed by atoms with Gasteiger partial charge in [-0.1, -0.05) is 17.7 Å². The lowest BCUT2D eigenvalue weighted by molar-refractivity contribution is 0.585. The molecule has 5 aromatic rings. The second-order valence-corrected chi connectivity index (χ2v) is 9.42. The molecule has 0 amide bonds. The van der Waals surface area contributed by atoms with E-state index in [1.807, 2.05) is 35.7 Å². The molecule has 0 spiro atoms. The van der Waals surface area contributed by atoms with Crippen LogP contribution in [0.2, 0.25) is 5.02 Å². The Morgan fingerprint density at radius 2 is 1.82 bits per heavy atom. The Balaban J connectivity index is 1.18. The number of fused-ring (bicyclic) bond motifs is 2. The van der Waals surface area contributed by atoms with Gasteiger partial charge in [-0.3, -0.25) is 4.98 Å². The molecule has 0 saturated heterocycles. The van der Waals surface area contributed by atoms with Crippen LogP contribution < -0.4 is 10.6 Å². The van der Waals surface area contributed by atoms with Crippen LogP contribution in [0.4, 0.5) is 14.5 Å². The van der Waals surface area contributed by atoms with Crippen LogP contribution in [-0.4, -0.2) is 18.1 Å².